The molecule has 4 rings (SSSR count). The molecule has 2 atom stereocenters. The number of benzene rings is 1. The number of aromatic amines is 1. The molecular formula is C19H22ClN3O4. The van der Waals surface area contributed by atoms with Crippen LogP contribution in [0, 0.1) is 11.8 Å². The van der Waals surface area contributed by atoms with E-state index in [1.807, 2.05) is 24.3 Å². The summed E-state index contributed by atoms with van der Waals surface area (Å²) in [5, 5.41) is 19.4. The molecule has 2 aliphatic rings. The molecule has 1 aromatic heterocycles. The van der Waals surface area contributed by atoms with E-state index in [-0.39, 0.29) is 12.4 Å². The van der Waals surface area contributed by atoms with Gasteiger partial charge in [-0.1, -0.05) is 19.1 Å². The number of anilines is 1. The summed E-state index contributed by atoms with van der Waals surface area (Å²) >= 11 is 0. The summed E-state index contributed by atoms with van der Waals surface area (Å²) < 4.78 is 0. The average Bonchev–Trinajstić information content (AvgIpc) is 3.03. The molecule has 1 saturated carbocycles. The van der Waals surface area contributed by atoms with E-state index in [0.717, 1.165) is 24.3 Å². The van der Waals surface area contributed by atoms with Crippen molar-refractivity contribution in [1.82, 2.24) is 4.98 Å². The summed E-state index contributed by atoms with van der Waals surface area (Å²) in [6.07, 6.45) is 0.396. The minimum absolute atomic E-state index is 0. The Morgan fingerprint density at radius 1 is 1.26 bits per heavy atom. The lowest BCUT2D eigenvalue weighted by Crippen LogP contribution is -2.27. The molecular weight excluding hydrogens is 370 g/mol. The third-order valence-corrected chi connectivity index (χ3v) is 5.64. The minimum Gasteiger partial charge on any atom is -0.506 e. The Morgan fingerprint density at radius 2 is 1.85 bits per heavy atom. The quantitative estimate of drug-likeness (QED) is 0.631. The number of carboxylic acid groups (broad SMARTS) is 1. The molecule has 144 valence electrons. The fourth-order valence-electron chi connectivity index (χ4n) is 4.04. The lowest BCUT2D eigenvalue weighted by atomic mass is 10.0. The van der Waals surface area contributed by atoms with Gasteiger partial charge < -0.3 is 25.8 Å². The number of hydrogen-bond acceptors (Lipinski definition) is 5. The zero-order valence-electron chi connectivity index (χ0n) is 14.8. The molecule has 1 saturated heterocycles. The highest BCUT2D eigenvalue weighted by Gasteiger charge is 2.53. The molecule has 0 bridgehead atoms. The Morgan fingerprint density at radius 3 is 2.37 bits per heavy atom. The summed E-state index contributed by atoms with van der Waals surface area (Å²) in [6.45, 7) is 3.74. The average molecular weight is 392 g/mol. The third kappa shape index (κ3) is 3.07. The van der Waals surface area contributed by atoms with Crippen LogP contribution in [-0.4, -0.2) is 40.3 Å². The van der Waals surface area contributed by atoms with Crippen LogP contribution in [0.25, 0.3) is 11.3 Å². The number of carbonyl (C=O) groups is 1. The predicted octanol–water partition coefficient (Wildman–Crippen LogP) is 1.82. The van der Waals surface area contributed by atoms with Crippen LogP contribution in [-0.2, 0) is 6.42 Å². The van der Waals surface area contributed by atoms with Gasteiger partial charge in [-0.05, 0) is 36.0 Å². The number of aromatic carboxylic acids is 1. The number of nitrogens with one attached hydrogen (secondary N) is 1. The summed E-state index contributed by atoms with van der Waals surface area (Å²) in [5.74, 6) is -0.709. The van der Waals surface area contributed by atoms with Gasteiger partial charge in [-0.15, -0.1) is 12.4 Å². The van der Waals surface area contributed by atoms with Gasteiger partial charge in [-0.25, -0.2) is 4.79 Å². The molecule has 2 unspecified atom stereocenters. The zero-order valence-corrected chi connectivity index (χ0v) is 15.6. The first-order valence-corrected chi connectivity index (χ1v) is 8.74. The van der Waals surface area contributed by atoms with Gasteiger partial charge in [-0.2, -0.15) is 0 Å². The molecule has 1 aliphatic heterocycles. The van der Waals surface area contributed by atoms with Gasteiger partial charge in [0.15, 0.2) is 5.56 Å². The van der Waals surface area contributed by atoms with Gasteiger partial charge >= 0.3 is 5.97 Å². The van der Waals surface area contributed by atoms with E-state index in [9.17, 15) is 14.7 Å². The monoisotopic (exact) mass is 391 g/mol. The van der Waals surface area contributed by atoms with E-state index in [0.29, 0.717) is 35.6 Å². The van der Waals surface area contributed by atoms with E-state index < -0.39 is 22.8 Å². The number of piperidine rings is 1. The number of aromatic hydroxyl groups is 1. The van der Waals surface area contributed by atoms with Crippen molar-refractivity contribution in [3.63, 3.8) is 0 Å². The van der Waals surface area contributed by atoms with Crippen molar-refractivity contribution in [2.45, 2.75) is 19.4 Å². The van der Waals surface area contributed by atoms with Crippen molar-refractivity contribution in [3.05, 3.63) is 45.7 Å². The number of halogens is 1. The number of H-pyrrole nitrogens is 1. The SMILES string of the molecule is CCc1c(-c2ccc(N3CC4C(N)C4C3)cc2)[nH]c(=O)c(C(=O)O)c1O.Cl. The van der Waals surface area contributed by atoms with Crippen LogP contribution in [0.5, 0.6) is 5.75 Å². The van der Waals surface area contributed by atoms with Gasteiger partial charge in [0.2, 0.25) is 0 Å². The number of hydrogen-bond donors (Lipinski definition) is 4. The normalized spacial score (nSPS) is 22.9. The Bertz CT molecular complexity index is 929. The molecule has 2 fully saturated rings. The molecule has 0 spiro atoms. The molecule has 2 aromatic rings. The highest BCUT2D eigenvalue weighted by Crippen LogP contribution is 2.45. The minimum atomic E-state index is -1.44. The van der Waals surface area contributed by atoms with E-state index in [2.05, 4.69) is 9.88 Å². The highest BCUT2D eigenvalue weighted by molar-refractivity contribution is 5.92. The maximum atomic E-state index is 12.1. The lowest BCUT2D eigenvalue weighted by molar-refractivity contribution is 0.0691. The summed E-state index contributed by atoms with van der Waals surface area (Å²) in [5.41, 5.74) is 7.26. The first-order valence-electron chi connectivity index (χ1n) is 8.74. The number of nitrogens with zero attached hydrogens (tertiary/aromatic N) is 1. The van der Waals surface area contributed by atoms with Crippen LogP contribution in [0.15, 0.2) is 29.1 Å². The van der Waals surface area contributed by atoms with Crippen LogP contribution in [0.4, 0.5) is 5.69 Å². The highest BCUT2D eigenvalue weighted by atomic mass is 35.5. The smallest absolute Gasteiger partial charge is 0.345 e. The Kier molecular flexibility index (Phi) is 4.92. The predicted molar refractivity (Wildman–Crippen MR) is 105 cm³/mol. The Balaban J connectivity index is 0.00000210. The van der Waals surface area contributed by atoms with Crippen molar-refractivity contribution < 1.29 is 15.0 Å². The third-order valence-electron chi connectivity index (χ3n) is 5.64. The van der Waals surface area contributed by atoms with Crippen LogP contribution in [0.3, 0.4) is 0 Å². The lowest BCUT2D eigenvalue weighted by Gasteiger charge is -2.21. The second kappa shape index (κ2) is 6.90. The molecule has 7 nitrogen and oxygen atoms in total. The van der Waals surface area contributed by atoms with Crippen molar-refractivity contribution in [2.75, 3.05) is 18.0 Å². The fourth-order valence-corrected chi connectivity index (χ4v) is 4.04. The van der Waals surface area contributed by atoms with Crippen molar-refractivity contribution in [1.29, 1.82) is 0 Å². The van der Waals surface area contributed by atoms with E-state index in [1.165, 1.54) is 0 Å². The maximum Gasteiger partial charge on any atom is 0.345 e. The van der Waals surface area contributed by atoms with Gasteiger partial charge in [0, 0.05) is 30.4 Å². The molecule has 8 heteroatoms. The molecule has 0 amide bonds. The standard InChI is InChI=1S/C19H21N3O4.ClH/c1-2-11-16(21-18(24)14(17(11)23)19(25)26)9-3-5-10(6-4-9)22-7-12-13(8-22)15(12)20;/h3-6,12-13,15H,2,7-8,20H2,1H3,(H,25,26)(H2,21,23,24);1H. The number of pyridine rings is 1. The van der Waals surface area contributed by atoms with Gasteiger partial charge in [-0.3, -0.25) is 4.79 Å². The number of rotatable bonds is 4. The molecule has 1 aliphatic carbocycles. The molecule has 5 N–H and O–H groups in total. The molecule has 27 heavy (non-hydrogen) atoms. The number of aromatic nitrogens is 1. The molecule has 1 aromatic carbocycles. The molecule has 2 heterocycles. The van der Waals surface area contributed by atoms with E-state index in [1.54, 1.807) is 6.92 Å². The first-order chi connectivity index (χ1) is 12.4. The maximum absolute atomic E-state index is 12.1. The number of nitrogens with two attached hydrogens (primary N) is 1. The van der Waals surface area contributed by atoms with Gasteiger partial charge in [0.25, 0.3) is 5.56 Å². The van der Waals surface area contributed by atoms with Crippen molar-refractivity contribution in [2.24, 2.45) is 17.6 Å². The Hall–Kier alpha value is -2.51. The second-order valence-corrected chi connectivity index (χ2v) is 7.05. The van der Waals surface area contributed by atoms with E-state index >= 15 is 0 Å². The topological polar surface area (TPSA) is 120 Å². The summed E-state index contributed by atoms with van der Waals surface area (Å²) in [4.78, 5) is 28.2. The van der Waals surface area contributed by atoms with Gasteiger partial charge in [0.1, 0.15) is 5.75 Å². The second-order valence-electron chi connectivity index (χ2n) is 7.05. The largest absolute Gasteiger partial charge is 0.506 e. The zero-order chi connectivity index (χ0) is 18.6. The summed E-state index contributed by atoms with van der Waals surface area (Å²) in [6, 6.07) is 8.06. The first kappa shape index (κ1) is 19.3. The Labute approximate surface area is 162 Å². The van der Waals surface area contributed by atoms with Crippen LogP contribution < -0.4 is 16.2 Å². The van der Waals surface area contributed by atoms with Crippen molar-refractivity contribution in [3.8, 4) is 17.0 Å². The van der Waals surface area contributed by atoms with Crippen LogP contribution >= 0.6 is 12.4 Å². The fraction of sp³-hybridized carbons (Fsp3) is 0.368. The van der Waals surface area contributed by atoms with Crippen LogP contribution in [0.2, 0.25) is 0 Å². The number of fused-ring (bicyclic) bond motifs is 1. The summed E-state index contributed by atoms with van der Waals surface area (Å²) in [7, 11) is 0. The van der Waals surface area contributed by atoms with E-state index in [4.69, 9.17) is 10.8 Å². The number of carboxylic acids is 1. The molecule has 0 radical (unpaired) electrons. The van der Waals surface area contributed by atoms with Crippen LogP contribution in [0.1, 0.15) is 22.8 Å². The van der Waals surface area contributed by atoms with Gasteiger partial charge in [0.05, 0.1) is 5.69 Å². The van der Waals surface area contributed by atoms with Crippen molar-refractivity contribution >= 4 is 24.1 Å².